The van der Waals surface area contributed by atoms with Crippen molar-refractivity contribution < 1.29 is 9.53 Å². The Bertz CT molecular complexity index is 587. The minimum Gasteiger partial charge on any atom is -0.497 e. The minimum absolute atomic E-state index is 0.0679. The Morgan fingerprint density at radius 3 is 2.86 bits per heavy atom. The number of amides is 1. The van der Waals surface area contributed by atoms with Gasteiger partial charge in [-0.05, 0) is 31.3 Å². The summed E-state index contributed by atoms with van der Waals surface area (Å²) in [4.78, 5) is 18.2. The normalized spacial score (nSPS) is 10.4. The smallest absolute Gasteiger partial charge is 0.238 e. The van der Waals surface area contributed by atoms with Crippen LogP contribution in [0.2, 0.25) is 0 Å². The summed E-state index contributed by atoms with van der Waals surface area (Å²) in [6.07, 6.45) is 1.75. The van der Waals surface area contributed by atoms with E-state index in [0.717, 1.165) is 17.1 Å². The van der Waals surface area contributed by atoms with Crippen LogP contribution >= 0.6 is 0 Å². The van der Waals surface area contributed by atoms with Gasteiger partial charge in [-0.25, -0.2) is 0 Å². The number of carbonyl (C=O) groups excluding carboxylic acids is 1. The van der Waals surface area contributed by atoms with E-state index in [2.05, 4.69) is 10.3 Å². The Kier molecular flexibility index (Phi) is 5.29. The Labute approximate surface area is 124 Å². The van der Waals surface area contributed by atoms with Crippen molar-refractivity contribution in [1.82, 2.24) is 9.88 Å². The molecule has 0 spiro atoms. The van der Waals surface area contributed by atoms with Gasteiger partial charge in [0.1, 0.15) is 5.75 Å². The predicted molar refractivity (Wildman–Crippen MR) is 82.2 cm³/mol. The van der Waals surface area contributed by atoms with Crippen molar-refractivity contribution in [2.24, 2.45) is 0 Å². The van der Waals surface area contributed by atoms with E-state index in [-0.39, 0.29) is 5.91 Å². The number of hydrogen-bond donors (Lipinski definition) is 1. The van der Waals surface area contributed by atoms with Crippen molar-refractivity contribution in [3.05, 3.63) is 54.4 Å². The largest absolute Gasteiger partial charge is 0.497 e. The molecule has 0 atom stereocenters. The summed E-state index contributed by atoms with van der Waals surface area (Å²) in [6.45, 7) is 0.931. The number of anilines is 1. The van der Waals surface area contributed by atoms with Crippen LogP contribution in [0.1, 0.15) is 5.69 Å². The molecule has 5 nitrogen and oxygen atoms in total. The third-order valence-electron chi connectivity index (χ3n) is 2.93. The summed E-state index contributed by atoms with van der Waals surface area (Å²) >= 11 is 0. The Balaban J connectivity index is 1.86. The van der Waals surface area contributed by atoms with Crippen LogP contribution < -0.4 is 10.1 Å². The van der Waals surface area contributed by atoms with Crippen LogP contribution in [0.25, 0.3) is 0 Å². The molecular weight excluding hydrogens is 266 g/mol. The van der Waals surface area contributed by atoms with Crippen LogP contribution in [-0.4, -0.2) is 36.5 Å². The maximum Gasteiger partial charge on any atom is 0.238 e. The second-order valence-electron chi connectivity index (χ2n) is 4.77. The molecule has 1 heterocycles. The lowest BCUT2D eigenvalue weighted by Gasteiger charge is -2.16. The van der Waals surface area contributed by atoms with E-state index in [9.17, 15) is 4.79 Å². The van der Waals surface area contributed by atoms with E-state index >= 15 is 0 Å². The number of hydrogen-bond acceptors (Lipinski definition) is 4. The van der Waals surface area contributed by atoms with Gasteiger partial charge in [-0.15, -0.1) is 0 Å². The molecule has 1 aromatic carbocycles. The molecule has 0 aliphatic heterocycles. The molecule has 2 rings (SSSR count). The van der Waals surface area contributed by atoms with Crippen molar-refractivity contribution in [3.8, 4) is 5.75 Å². The molecule has 1 amide bonds. The highest BCUT2D eigenvalue weighted by atomic mass is 16.5. The van der Waals surface area contributed by atoms with E-state index in [1.807, 2.05) is 48.3 Å². The molecule has 0 saturated heterocycles. The maximum absolute atomic E-state index is 12.0. The zero-order valence-corrected chi connectivity index (χ0v) is 12.2. The Hall–Kier alpha value is -2.40. The molecule has 0 aliphatic carbocycles. The highest BCUT2D eigenvalue weighted by molar-refractivity contribution is 5.92. The Morgan fingerprint density at radius 2 is 2.14 bits per heavy atom. The first-order valence-electron chi connectivity index (χ1n) is 6.70. The highest BCUT2D eigenvalue weighted by Crippen LogP contribution is 2.16. The van der Waals surface area contributed by atoms with E-state index in [1.165, 1.54) is 0 Å². The van der Waals surface area contributed by atoms with Crippen LogP contribution in [0.3, 0.4) is 0 Å². The molecule has 110 valence electrons. The summed E-state index contributed by atoms with van der Waals surface area (Å²) in [6, 6.07) is 13.0. The fraction of sp³-hybridized carbons (Fsp3) is 0.250. The van der Waals surface area contributed by atoms with Gasteiger partial charge in [0, 0.05) is 24.5 Å². The molecule has 2 aromatic rings. The van der Waals surface area contributed by atoms with Gasteiger partial charge in [0.25, 0.3) is 0 Å². The van der Waals surface area contributed by atoms with Crippen molar-refractivity contribution >= 4 is 11.6 Å². The molecule has 21 heavy (non-hydrogen) atoms. The lowest BCUT2D eigenvalue weighted by molar-refractivity contribution is -0.117. The average molecular weight is 285 g/mol. The molecule has 1 N–H and O–H groups in total. The molecule has 0 saturated carbocycles. The number of pyridine rings is 1. The molecular formula is C16H19N3O2. The molecule has 0 unspecified atom stereocenters. The zero-order chi connectivity index (χ0) is 15.1. The molecule has 0 radical (unpaired) electrons. The van der Waals surface area contributed by atoms with Crippen LogP contribution in [0.5, 0.6) is 5.75 Å². The number of nitrogens with one attached hydrogen (secondary N) is 1. The molecule has 1 aromatic heterocycles. The number of nitrogens with zero attached hydrogens (tertiary/aromatic N) is 2. The maximum atomic E-state index is 12.0. The molecule has 0 fully saturated rings. The number of methoxy groups -OCH3 is 1. The van der Waals surface area contributed by atoms with Gasteiger partial charge in [0.2, 0.25) is 5.91 Å². The third-order valence-corrected chi connectivity index (χ3v) is 2.93. The van der Waals surface area contributed by atoms with Gasteiger partial charge in [-0.3, -0.25) is 14.7 Å². The Morgan fingerprint density at radius 1 is 1.29 bits per heavy atom. The molecule has 0 bridgehead atoms. The summed E-state index contributed by atoms with van der Waals surface area (Å²) in [5.74, 6) is 0.649. The predicted octanol–water partition coefficient (Wildman–Crippen LogP) is 2.16. The number of benzene rings is 1. The number of ether oxygens (including phenoxy) is 1. The van der Waals surface area contributed by atoms with Crippen LogP contribution in [0.4, 0.5) is 5.69 Å². The van der Waals surface area contributed by atoms with Gasteiger partial charge in [-0.1, -0.05) is 12.1 Å². The lowest BCUT2D eigenvalue weighted by Crippen LogP contribution is -2.30. The molecule has 0 aliphatic rings. The van der Waals surface area contributed by atoms with E-state index in [0.29, 0.717) is 13.1 Å². The van der Waals surface area contributed by atoms with Crippen LogP contribution in [0.15, 0.2) is 48.7 Å². The number of carbonyl (C=O) groups is 1. The highest BCUT2D eigenvalue weighted by Gasteiger charge is 2.08. The van der Waals surface area contributed by atoms with Gasteiger partial charge in [0.15, 0.2) is 0 Å². The number of rotatable bonds is 6. The van der Waals surface area contributed by atoms with E-state index in [4.69, 9.17) is 4.74 Å². The van der Waals surface area contributed by atoms with Crippen molar-refractivity contribution in [2.75, 3.05) is 26.0 Å². The van der Waals surface area contributed by atoms with Gasteiger partial charge >= 0.3 is 0 Å². The summed E-state index contributed by atoms with van der Waals surface area (Å²) < 4.78 is 5.13. The second kappa shape index (κ2) is 7.40. The van der Waals surface area contributed by atoms with Crippen LogP contribution in [-0.2, 0) is 11.3 Å². The average Bonchev–Trinajstić information content (AvgIpc) is 2.48. The zero-order valence-electron chi connectivity index (χ0n) is 12.2. The first-order valence-corrected chi connectivity index (χ1v) is 6.70. The summed E-state index contributed by atoms with van der Waals surface area (Å²) in [7, 11) is 3.49. The number of likely N-dealkylation sites (N-methyl/N-ethyl adjacent to an activating group) is 1. The van der Waals surface area contributed by atoms with Crippen molar-refractivity contribution in [3.63, 3.8) is 0 Å². The fourth-order valence-corrected chi connectivity index (χ4v) is 1.97. The first-order chi connectivity index (χ1) is 10.2. The minimum atomic E-state index is -0.0679. The van der Waals surface area contributed by atoms with Crippen LogP contribution in [0, 0.1) is 0 Å². The van der Waals surface area contributed by atoms with Gasteiger partial charge < -0.3 is 10.1 Å². The summed E-state index contributed by atoms with van der Waals surface area (Å²) in [5.41, 5.74) is 1.67. The summed E-state index contributed by atoms with van der Waals surface area (Å²) in [5, 5.41) is 2.85. The number of aromatic nitrogens is 1. The second-order valence-corrected chi connectivity index (χ2v) is 4.77. The monoisotopic (exact) mass is 285 g/mol. The fourth-order valence-electron chi connectivity index (χ4n) is 1.97. The van der Waals surface area contributed by atoms with Gasteiger partial charge in [-0.2, -0.15) is 0 Å². The molecule has 5 heteroatoms. The lowest BCUT2D eigenvalue weighted by atomic mass is 10.3. The van der Waals surface area contributed by atoms with Gasteiger partial charge in [0.05, 0.1) is 19.3 Å². The van der Waals surface area contributed by atoms with E-state index in [1.54, 1.807) is 19.4 Å². The van der Waals surface area contributed by atoms with Crippen molar-refractivity contribution in [1.29, 1.82) is 0 Å². The third kappa shape index (κ3) is 4.89. The standard InChI is InChI=1S/C16H19N3O2/c1-19(11-14-6-3-4-9-17-14)12-16(20)18-13-7-5-8-15(10-13)21-2/h3-10H,11-12H2,1-2H3,(H,18,20). The topological polar surface area (TPSA) is 54.5 Å². The van der Waals surface area contributed by atoms with Crippen molar-refractivity contribution in [2.45, 2.75) is 6.54 Å². The quantitative estimate of drug-likeness (QED) is 0.883. The van der Waals surface area contributed by atoms with E-state index < -0.39 is 0 Å². The SMILES string of the molecule is COc1cccc(NC(=O)CN(C)Cc2ccccn2)c1. The first kappa shape index (κ1) is 15.0.